The lowest BCUT2D eigenvalue weighted by atomic mass is 9.87. The summed E-state index contributed by atoms with van der Waals surface area (Å²) in [5, 5.41) is 19.2. The lowest BCUT2D eigenvalue weighted by Crippen LogP contribution is -2.52. The molecule has 3 fully saturated rings. The number of carbonyl (C=O) groups excluding carboxylic acids is 1. The highest BCUT2D eigenvalue weighted by Crippen LogP contribution is 2.50. The number of aliphatic carboxylic acids is 1. The largest absolute Gasteiger partial charge is 0.481 e. The molecule has 1 aliphatic carbocycles. The molecule has 2 heterocycles. The lowest BCUT2D eigenvalue weighted by Gasteiger charge is -2.37. The van der Waals surface area contributed by atoms with E-state index >= 15 is 0 Å². The van der Waals surface area contributed by atoms with Gasteiger partial charge in [-0.2, -0.15) is 9.57 Å². The number of benzene rings is 1. The maximum Gasteiger partial charge on any atom is 0.319 e. The summed E-state index contributed by atoms with van der Waals surface area (Å²) in [7, 11) is -0.402. The van der Waals surface area contributed by atoms with Crippen LogP contribution in [0.25, 0.3) is 0 Å². The average molecular weight is 504 g/mol. The summed E-state index contributed by atoms with van der Waals surface area (Å²) in [4.78, 5) is 30.0. The van der Waals surface area contributed by atoms with Crippen LogP contribution in [-0.2, 0) is 14.8 Å². The second-order valence-electron chi connectivity index (χ2n) is 10.4. The Morgan fingerprint density at radius 1 is 1.14 bits per heavy atom. The zero-order valence-corrected chi connectivity index (χ0v) is 21.3. The number of urea groups is 1. The number of carboxylic acids is 1. The molecule has 4 rings (SSSR count). The highest BCUT2D eigenvalue weighted by atomic mass is 32.2. The Morgan fingerprint density at radius 3 is 2.23 bits per heavy atom. The van der Waals surface area contributed by atoms with Crippen LogP contribution in [0.15, 0.2) is 18.2 Å². The van der Waals surface area contributed by atoms with E-state index in [1.165, 1.54) is 9.21 Å². The fourth-order valence-electron chi connectivity index (χ4n) is 6.01. The number of sulfonamides is 1. The van der Waals surface area contributed by atoms with Crippen LogP contribution in [0.3, 0.4) is 0 Å². The Kier molecular flexibility index (Phi) is 6.72. The molecule has 3 aliphatic rings. The maximum atomic E-state index is 13.4. The third kappa shape index (κ3) is 4.82. The normalized spacial score (nSPS) is 24.2. The number of aryl methyl sites for hydroxylation is 1. The second kappa shape index (κ2) is 9.32. The van der Waals surface area contributed by atoms with Gasteiger partial charge >= 0.3 is 12.0 Å². The van der Waals surface area contributed by atoms with Crippen LogP contribution in [0.5, 0.6) is 0 Å². The first kappa shape index (κ1) is 25.3. The summed E-state index contributed by atoms with van der Waals surface area (Å²) < 4.78 is 28.1. The predicted molar refractivity (Wildman–Crippen MR) is 130 cm³/mol. The Bertz CT molecular complexity index is 1140. The van der Waals surface area contributed by atoms with Crippen LogP contribution in [0, 0.1) is 35.5 Å². The van der Waals surface area contributed by atoms with Crippen LogP contribution in [-0.4, -0.2) is 98.7 Å². The summed E-state index contributed by atoms with van der Waals surface area (Å²) >= 11 is 0. The molecule has 1 aromatic rings. The van der Waals surface area contributed by atoms with Crippen molar-refractivity contribution in [1.29, 1.82) is 5.26 Å². The first-order chi connectivity index (χ1) is 16.5. The van der Waals surface area contributed by atoms with E-state index in [1.807, 2.05) is 19.1 Å². The number of anilines is 1. The van der Waals surface area contributed by atoms with Gasteiger partial charge in [-0.15, -0.1) is 0 Å². The zero-order valence-electron chi connectivity index (χ0n) is 20.5. The number of fused-ring (bicyclic) bond motifs is 1. The van der Waals surface area contributed by atoms with Crippen molar-refractivity contribution in [3.8, 4) is 6.07 Å². The molecular weight excluding hydrogens is 470 g/mol. The molecular formula is C24H33N5O5S. The standard InChI is InChI=1S/C24H33N5O5S/c1-17-10-18(13-25)4-5-21(17)27-6-8-29(9-7-27)35(33,34)16-24(22(30)31)11-19-14-28(15-20(19)12-24)23(32)26(2)3/h4-5,10,19-20H,6-9,11-12,14-16H2,1-3H3,(H,30,31)/t19-,20-/m1/s1. The van der Waals surface area contributed by atoms with Gasteiger partial charge in [-0.1, -0.05) is 0 Å². The van der Waals surface area contributed by atoms with Crippen molar-refractivity contribution in [3.63, 3.8) is 0 Å². The number of piperazine rings is 1. The van der Waals surface area contributed by atoms with E-state index in [1.54, 1.807) is 25.1 Å². The molecule has 2 amide bonds. The summed E-state index contributed by atoms with van der Waals surface area (Å²) in [5.41, 5.74) is 1.21. The first-order valence-corrected chi connectivity index (χ1v) is 13.5. The quantitative estimate of drug-likeness (QED) is 0.644. The molecule has 1 saturated carbocycles. The molecule has 11 heteroatoms. The van der Waals surface area contributed by atoms with Crippen molar-refractivity contribution >= 4 is 27.7 Å². The van der Waals surface area contributed by atoms with E-state index in [0.29, 0.717) is 31.7 Å². The molecule has 35 heavy (non-hydrogen) atoms. The van der Waals surface area contributed by atoms with Gasteiger partial charge in [0.05, 0.1) is 22.8 Å². The topological polar surface area (TPSA) is 125 Å². The highest BCUT2D eigenvalue weighted by Gasteiger charge is 2.56. The smallest absolute Gasteiger partial charge is 0.319 e. The van der Waals surface area contributed by atoms with Crippen molar-refractivity contribution in [2.24, 2.45) is 17.3 Å². The fourth-order valence-corrected chi connectivity index (χ4v) is 7.97. The molecule has 10 nitrogen and oxygen atoms in total. The zero-order chi connectivity index (χ0) is 25.5. The van der Waals surface area contributed by atoms with Gasteiger partial charge in [0.15, 0.2) is 0 Å². The summed E-state index contributed by atoms with van der Waals surface area (Å²) in [6, 6.07) is 7.49. The average Bonchev–Trinajstić information content (AvgIpc) is 3.35. The van der Waals surface area contributed by atoms with Gasteiger partial charge in [0, 0.05) is 59.1 Å². The molecule has 0 bridgehead atoms. The van der Waals surface area contributed by atoms with Crippen molar-refractivity contribution in [1.82, 2.24) is 14.1 Å². The van der Waals surface area contributed by atoms with Gasteiger partial charge < -0.3 is 19.8 Å². The summed E-state index contributed by atoms with van der Waals surface area (Å²) in [6.07, 6.45) is 0.543. The van der Waals surface area contributed by atoms with E-state index in [2.05, 4.69) is 11.0 Å². The molecule has 2 saturated heterocycles. The Labute approximate surface area is 206 Å². The molecule has 1 N–H and O–H groups in total. The van der Waals surface area contributed by atoms with Gasteiger partial charge in [-0.25, -0.2) is 13.2 Å². The molecule has 2 atom stereocenters. The number of rotatable bonds is 5. The molecule has 0 spiro atoms. The minimum Gasteiger partial charge on any atom is -0.481 e. The maximum absolute atomic E-state index is 13.4. The Hall–Kier alpha value is -2.84. The third-order valence-electron chi connectivity index (χ3n) is 7.75. The number of carboxylic acid groups (broad SMARTS) is 1. The molecule has 0 unspecified atom stereocenters. The van der Waals surface area contributed by atoms with Gasteiger partial charge in [0.2, 0.25) is 10.0 Å². The number of nitriles is 1. The van der Waals surface area contributed by atoms with Crippen LogP contribution in [0.1, 0.15) is 24.0 Å². The second-order valence-corrected chi connectivity index (χ2v) is 12.3. The van der Waals surface area contributed by atoms with E-state index in [4.69, 9.17) is 5.26 Å². The number of likely N-dealkylation sites (tertiary alicyclic amines) is 1. The van der Waals surface area contributed by atoms with Crippen LogP contribution in [0.4, 0.5) is 10.5 Å². The minimum atomic E-state index is -3.78. The van der Waals surface area contributed by atoms with Gasteiger partial charge in [0.1, 0.15) is 0 Å². The van der Waals surface area contributed by atoms with Crippen molar-refractivity contribution in [2.75, 3.05) is 64.0 Å². The van der Waals surface area contributed by atoms with Crippen molar-refractivity contribution < 1.29 is 23.1 Å². The fraction of sp³-hybridized carbons (Fsp3) is 0.625. The monoisotopic (exact) mass is 503 g/mol. The third-order valence-corrected chi connectivity index (χ3v) is 9.82. The minimum absolute atomic E-state index is 0.00130. The van der Waals surface area contributed by atoms with Gasteiger partial charge in [-0.3, -0.25) is 4.79 Å². The van der Waals surface area contributed by atoms with Crippen LogP contribution >= 0.6 is 0 Å². The molecule has 1 aromatic carbocycles. The van der Waals surface area contributed by atoms with E-state index in [9.17, 15) is 23.1 Å². The molecule has 2 aliphatic heterocycles. The number of hydrogen-bond donors (Lipinski definition) is 1. The van der Waals surface area contributed by atoms with Crippen LogP contribution in [0.2, 0.25) is 0 Å². The lowest BCUT2D eigenvalue weighted by molar-refractivity contribution is -0.147. The Morgan fingerprint density at radius 2 is 1.74 bits per heavy atom. The van der Waals surface area contributed by atoms with E-state index in [-0.39, 0.29) is 43.8 Å². The van der Waals surface area contributed by atoms with Gasteiger partial charge in [-0.05, 0) is 55.4 Å². The number of carbonyl (C=O) groups is 2. The Balaban J connectivity index is 1.41. The number of amides is 2. The SMILES string of the molecule is Cc1cc(C#N)ccc1N1CCN(S(=O)(=O)CC2(C(=O)O)C[C@@H]3CN(C(=O)N(C)C)C[C@H]3C2)CC1. The van der Waals surface area contributed by atoms with Gasteiger partial charge in [0.25, 0.3) is 0 Å². The number of hydrogen-bond acceptors (Lipinski definition) is 6. The molecule has 0 radical (unpaired) electrons. The molecule has 190 valence electrons. The molecule has 0 aromatic heterocycles. The van der Waals surface area contributed by atoms with Crippen LogP contribution < -0.4 is 4.90 Å². The predicted octanol–water partition coefficient (Wildman–Crippen LogP) is 1.41. The van der Waals surface area contributed by atoms with E-state index in [0.717, 1.165) is 11.3 Å². The number of nitrogens with zero attached hydrogens (tertiary/aromatic N) is 5. The van der Waals surface area contributed by atoms with E-state index < -0.39 is 27.2 Å². The summed E-state index contributed by atoms with van der Waals surface area (Å²) in [5.74, 6) is -1.46. The first-order valence-electron chi connectivity index (χ1n) is 11.9. The summed E-state index contributed by atoms with van der Waals surface area (Å²) in [6.45, 7) is 4.45. The van der Waals surface area contributed by atoms with Crippen molar-refractivity contribution in [2.45, 2.75) is 19.8 Å². The van der Waals surface area contributed by atoms with Crippen molar-refractivity contribution in [3.05, 3.63) is 29.3 Å². The highest BCUT2D eigenvalue weighted by molar-refractivity contribution is 7.89.